The summed E-state index contributed by atoms with van der Waals surface area (Å²) in [7, 11) is 0. The topological polar surface area (TPSA) is 80.1 Å². The number of hydrogen-bond acceptors (Lipinski definition) is 4. The van der Waals surface area contributed by atoms with Crippen LogP contribution < -0.4 is 5.32 Å². The number of piperidine rings is 1. The molecule has 7 nitrogen and oxygen atoms in total. The van der Waals surface area contributed by atoms with E-state index < -0.39 is 0 Å². The van der Waals surface area contributed by atoms with Crippen LogP contribution in [-0.4, -0.2) is 50.8 Å². The third-order valence-electron chi connectivity index (χ3n) is 5.63. The number of halogens is 1. The van der Waals surface area contributed by atoms with Crippen molar-refractivity contribution in [3.8, 4) is 0 Å². The molecule has 8 heteroatoms. The Balaban J connectivity index is 1.33. The van der Waals surface area contributed by atoms with Crippen LogP contribution >= 0.6 is 11.6 Å². The lowest BCUT2D eigenvalue weighted by Crippen LogP contribution is -2.39. The van der Waals surface area contributed by atoms with Gasteiger partial charge in [-0.2, -0.15) is 0 Å². The molecule has 1 saturated carbocycles. The van der Waals surface area contributed by atoms with Gasteiger partial charge in [0.25, 0.3) is 11.8 Å². The second-order valence-corrected chi connectivity index (χ2v) is 8.01. The van der Waals surface area contributed by atoms with Crippen molar-refractivity contribution < 1.29 is 9.59 Å². The molecule has 0 spiro atoms. The van der Waals surface area contributed by atoms with Gasteiger partial charge >= 0.3 is 0 Å². The second kappa shape index (κ2) is 8.31. The van der Waals surface area contributed by atoms with E-state index in [0.717, 1.165) is 25.7 Å². The molecule has 2 fully saturated rings. The first kappa shape index (κ1) is 18.9. The molecule has 0 unspecified atom stereocenters. The fourth-order valence-electron chi connectivity index (χ4n) is 4.03. The van der Waals surface area contributed by atoms with E-state index in [-0.39, 0.29) is 23.9 Å². The Hall–Kier alpha value is -2.41. The highest BCUT2D eigenvalue weighted by Crippen LogP contribution is 2.24. The molecule has 2 heterocycles. The average Bonchev–Trinajstić information content (AvgIpc) is 3.40. The number of rotatable bonds is 4. The van der Waals surface area contributed by atoms with Gasteiger partial charge in [-0.3, -0.25) is 9.59 Å². The third-order valence-corrected chi connectivity index (χ3v) is 5.87. The molecule has 2 aliphatic rings. The summed E-state index contributed by atoms with van der Waals surface area (Å²) < 4.78 is 1.77. The zero-order chi connectivity index (χ0) is 19.5. The van der Waals surface area contributed by atoms with Crippen LogP contribution in [0.25, 0.3) is 0 Å². The molecular formula is C20H24ClN5O2. The second-order valence-electron chi connectivity index (χ2n) is 7.57. The van der Waals surface area contributed by atoms with E-state index in [1.54, 1.807) is 35.1 Å². The van der Waals surface area contributed by atoms with Crippen LogP contribution in [0.15, 0.2) is 30.5 Å². The highest BCUT2D eigenvalue weighted by atomic mass is 35.5. The summed E-state index contributed by atoms with van der Waals surface area (Å²) in [5, 5.41) is 11.8. The summed E-state index contributed by atoms with van der Waals surface area (Å²) in [4.78, 5) is 26.8. The molecular weight excluding hydrogens is 378 g/mol. The van der Waals surface area contributed by atoms with Crippen LogP contribution in [0.4, 0.5) is 0 Å². The van der Waals surface area contributed by atoms with E-state index in [9.17, 15) is 9.59 Å². The number of aromatic nitrogens is 3. The summed E-state index contributed by atoms with van der Waals surface area (Å²) in [5.41, 5.74) is 0.974. The van der Waals surface area contributed by atoms with Gasteiger partial charge in [0.2, 0.25) is 0 Å². The standard InChI is InChI=1S/C20H24ClN5O2/c21-15-5-3-4-14(12-15)20(28)25-10-8-17(9-11-25)26-13-18(23-24-26)19(27)22-16-6-1-2-7-16/h3-5,12-13,16-17H,1-2,6-11H2,(H,22,27). The molecule has 0 radical (unpaired) electrons. The van der Waals surface area contributed by atoms with Crippen molar-refractivity contribution in [2.24, 2.45) is 0 Å². The Kier molecular flexibility index (Phi) is 5.62. The van der Waals surface area contributed by atoms with Gasteiger partial charge in [0.15, 0.2) is 5.69 Å². The number of benzene rings is 1. The van der Waals surface area contributed by atoms with Gasteiger partial charge in [-0.25, -0.2) is 4.68 Å². The average molecular weight is 402 g/mol. The van der Waals surface area contributed by atoms with Crippen molar-refractivity contribution in [3.63, 3.8) is 0 Å². The van der Waals surface area contributed by atoms with Gasteiger partial charge in [0, 0.05) is 29.7 Å². The van der Waals surface area contributed by atoms with Crippen LogP contribution in [0.1, 0.15) is 65.4 Å². The quantitative estimate of drug-likeness (QED) is 0.853. The van der Waals surface area contributed by atoms with Crippen LogP contribution in [0.3, 0.4) is 0 Å². The predicted octanol–water partition coefficient (Wildman–Crippen LogP) is 3.08. The first-order valence-corrected chi connectivity index (χ1v) is 10.3. The van der Waals surface area contributed by atoms with Crippen molar-refractivity contribution in [1.29, 1.82) is 0 Å². The highest BCUT2D eigenvalue weighted by molar-refractivity contribution is 6.30. The largest absolute Gasteiger partial charge is 0.348 e. The molecule has 28 heavy (non-hydrogen) atoms. The zero-order valence-corrected chi connectivity index (χ0v) is 16.4. The number of carbonyl (C=O) groups is 2. The Morgan fingerprint density at radius 1 is 1.11 bits per heavy atom. The van der Waals surface area contributed by atoms with E-state index in [4.69, 9.17) is 11.6 Å². The molecule has 2 amide bonds. The fraction of sp³-hybridized carbons (Fsp3) is 0.500. The number of hydrogen-bond donors (Lipinski definition) is 1. The van der Waals surface area contributed by atoms with Crippen LogP contribution in [-0.2, 0) is 0 Å². The SMILES string of the molecule is O=C(NC1CCCC1)c1cn(C2CCN(C(=O)c3cccc(Cl)c3)CC2)nn1. The first-order valence-electron chi connectivity index (χ1n) is 9.88. The molecule has 1 saturated heterocycles. The van der Waals surface area contributed by atoms with E-state index in [1.165, 1.54) is 12.8 Å². The molecule has 148 valence electrons. The molecule has 0 atom stereocenters. The minimum Gasteiger partial charge on any atom is -0.348 e. The lowest BCUT2D eigenvalue weighted by Gasteiger charge is -2.31. The smallest absolute Gasteiger partial charge is 0.273 e. The van der Waals surface area contributed by atoms with Gasteiger partial charge in [0.1, 0.15) is 0 Å². The minimum atomic E-state index is -0.147. The molecule has 1 aromatic heterocycles. The minimum absolute atomic E-state index is 0.00355. The van der Waals surface area contributed by atoms with Gasteiger partial charge in [0.05, 0.1) is 12.2 Å². The monoisotopic (exact) mass is 401 g/mol. The number of carbonyl (C=O) groups excluding carboxylic acids is 2. The van der Waals surface area contributed by atoms with Crippen LogP contribution in [0.5, 0.6) is 0 Å². The third kappa shape index (κ3) is 4.19. The number of nitrogens with zero attached hydrogens (tertiary/aromatic N) is 4. The molecule has 1 aromatic carbocycles. The van der Waals surface area contributed by atoms with Gasteiger partial charge in [-0.15, -0.1) is 5.10 Å². The molecule has 1 N–H and O–H groups in total. The van der Waals surface area contributed by atoms with E-state index in [0.29, 0.717) is 29.4 Å². The Bertz CT molecular complexity index is 854. The van der Waals surface area contributed by atoms with Gasteiger partial charge < -0.3 is 10.2 Å². The van der Waals surface area contributed by atoms with Crippen LogP contribution in [0.2, 0.25) is 5.02 Å². The summed E-state index contributed by atoms with van der Waals surface area (Å²) in [6.45, 7) is 1.28. The Labute approximate surface area is 169 Å². The maximum absolute atomic E-state index is 12.6. The Morgan fingerprint density at radius 2 is 1.86 bits per heavy atom. The maximum Gasteiger partial charge on any atom is 0.273 e. The predicted molar refractivity (Wildman–Crippen MR) is 105 cm³/mol. The van der Waals surface area contributed by atoms with Crippen molar-refractivity contribution in [2.75, 3.05) is 13.1 Å². The van der Waals surface area contributed by atoms with Crippen molar-refractivity contribution >= 4 is 23.4 Å². The summed E-state index contributed by atoms with van der Waals surface area (Å²) in [5.74, 6) is -0.150. The number of likely N-dealkylation sites (tertiary alicyclic amines) is 1. The summed E-state index contributed by atoms with van der Waals surface area (Å²) in [6, 6.07) is 7.43. The van der Waals surface area contributed by atoms with Crippen molar-refractivity contribution in [2.45, 2.75) is 50.6 Å². The molecule has 1 aliphatic carbocycles. The lowest BCUT2D eigenvalue weighted by atomic mass is 10.0. The van der Waals surface area contributed by atoms with Crippen LogP contribution in [0, 0.1) is 0 Å². The van der Waals surface area contributed by atoms with Crippen molar-refractivity contribution in [1.82, 2.24) is 25.2 Å². The molecule has 0 bridgehead atoms. The highest BCUT2D eigenvalue weighted by Gasteiger charge is 2.26. The Morgan fingerprint density at radius 3 is 2.57 bits per heavy atom. The van der Waals surface area contributed by atoms with E-state index >= 15 is 0 Å². The normalized spacial score (nSPS) is 18.4. The van der Waals surface area contributed by atoms with Crippen molar-refractivity contribution in [3.05, 3.63) is 46.7 Å². The maximum atomic E-state index is 12.6. The zero-order valence-electron chi connectivity index (χ0n) is 15.7. The number of amides is 2. The summed E-state index contributed by atoms with van der Waals surface area (Å²) >= 11 is 5.99. The molecule has 1 aliphatic heterocycles. The number of nitrogens with one attached hydrogen (secondary N) is 1. The summed E-state index contributed by atoms with van der Waals surface area (Å²) in [6.07, 6.45) is 7.70. The molecule has 4 rings (SSSR count). The lowest BCUT2D eigenvalue weighted by molar-refractivity contribution is 0.0689. The van der Waals surface area contributed by atoms with Gasteiger partial charge in [-0.1, -0.05) is 35.7 Å². The molecule has 2 aromatic rings. The van der Waals surface area contributed by atoms with E-state index in [2.05, 4.69) is 15.6 Å². The van der Waals surface area contributed by atoms with E-state index in [1.807, 2.05) is 4.90 Å². The first-order chi connectivity index (χ1) is 13.6. The fourth-order valence-corrected chi connectivity index (χ4v) is 4.22. The van der Waals surface area contributed by atoms with Gasteiger partial charge in [-0.05, 0) is 43.9 Å².